The maximum atomic E-state index is 9.32. The van der Waals surface area contributed by atoms with Crippen molar-refractivity contribution in [2.75, 3.05) is 0 Å². The molecule has 13 heteroatoms. The molecule has 0 amide bonds. The fourth-order valence-electron chi connectivity index (χ4n) is 0.122. The molecule has 0 radical (unpaired) electrons. The summed E-state index contributed by atoms with van der Waals surface area (Å²) in [5.74, 6) is 0. The van der Waals surface area contributed by atoms with Crippen LogP contribution in [0.3, 0.4) is 0 Å². The van der Waals surface area contributed by atoms with Gasteiger partial charge >= 0.3 is 42.1 Å². The summed E-state index contributed by atoms with van der Waals surface area (Å²) in [5.41, 5.74) is 0. The van der Waals surface area contributed by atoms with E-state index in [1.54, 1.807) is 0 Å². The Morgan fingerprint density at radius 2 is 0.923 bits per heavy atom. The van der Waals surface area contributed by atoms with Crippen LogP contribution < -0.4 is 19.6 Å². The molecule has 0 aliphatic carbocycles. The molecule has 74 valence electrons. The molecule has 0 bridgehead atoms. The topological polar surface area (TPSA) is 170 Å². The third-order valence-corrected chi connectivity index (χ3v) is 1.80. The van der Waals surface area contributed by atoms with E-state index in [0.717, 1.165) is 34.7 Å². The van der Waals surface area contributed by atoms with Gasteiger partial charge in [0.15, 0.2) is 0 Å². The third kappa shape index (κ3) is 32.1. The molecular weight excluding hydrogens is 308 g/mol. The number of hydrogen-bond acceptors (Lipinski definition) is 9. The van der Waals surface area contributed by atoms with Crippen LogP contribution in [0.1, 0.15) is 0 Å². The summed E-state index contributed by atoms with van der Waals surface area (Å²) >= 11 is 2.12. The molecule has 0 unspecified atom stereocenters. The summed E-state index contributed by atoms with van der Waals surface area (Å²) in [6, 6.07) is 0. The summed E-state index contributed by atoms with van der Waals surface area (Å²) in [6.45, 7) is 0. The predicted octanol–water partition coefficient (Wildman–Crippen LogP) is -3.58. The van der Waals surface area contributed by atoms with Crippen LogP contribution in [0.25, 0.3) is 0 Å². The third-order valence-electron chi connectivity index (χ3n) is 0.200. The van der Waals surface area contributed by atoms with Crippen LogP contribution in [0.2, 0.25) is 0 Å². The molecule has 0 saturated heterocycles. The van der Waals surface area contributed by atoms with Gasteiger partial charge in [0.2, 0.25) is 0 Å². The Labute approximate surface area is 90.8 Å². The van der Waals surface area contributed by atoms with Crippen molar-refractivity contribution >= 4 is 15.6 Å². The Hall–Kier alpha value is 1.03. The van der Waals surface area contributed by atoms with Crippen molar-refractivity contribution in [2.45, 2.75) is 0 Å². The van der Waals surface area contributed by atoms with Gasteiger partial charge in [-0.25, -0.2) is 0 Å². The number of phosphoric acid groups is 2. The molecule has 9 nitrogen and oxygen atoms in total. The van der Waals surface area contributed by atoms with Crippen molar-refractivity contribution in [1.82, 2.24) is 0 Å². The van der Waals surface area contributed by atoms with E-state index in [9.17, 15) is 28.7 Å². The van der Waals surface area contributed by atoms with Gasteiger partial charge in [-0.2, -0.15) is 0 Å². The summed E-state index contributed by atoms with van der Waals surface area (Å²) in [4.78, 5) is 37.3. The maximum absolute atomic E-state index is 9.32. The molecule has 0 saturated carbocycles. The van der Waals surface area contributed by atoms with Crippen molar-refractivity contribution in [2.24, 2.45) is 0 Å². The van der Waals surface area contributed by atoms with Crippen molar-refractivity contribution in [3.05, 3.63) is 0 Å². The molecule has 0 aliphatic rings. The fourth-order valence-corrected chi connectivity index (χ4v) is 1.10. The Morgan fingerprint density at radius 1 is 0.769 bits per heavy atom. The van der Waals surface area contributed by atoms with Gasteiger partial charge in [-0.05, 0) is 0 Å². The Balaban J connectivity index is -0.000000218. The molecule has 0 aromatic rings. The first-order valence-electron chi connectivity index (χ1n) is 1.83. The number of hydrogen-bond donors (Lipinski definition) is 0. The average molecular weight is 308 g/mol. The molecule has 0 heterocycles. The van der Waals surface area contributed by atoms with E-state index in [1.165, 1.54) is 0 Å². The van der Waals surface area contributed by atoms with E-state index < -0.39 is 15.6 Å². The van der Waals surface area contributed by atoms with Crippen LogP contribution in [0.15, 0.2) is 0 Å². The van der Waals surface area contributed by atoms with Crippen molar-refractivity contribution < 1.29 is 75.1 Å². The Kier molecular flexibility index (Phi) is 14.4. The van der Waals surface area contributed by atoms with Gasteiger partial charge in [0.1, 0.15) is 0 Å². The zero-order valence-corrected chi connectivity index (χ0v) is 10.0. The predicted molar refractivity (Wildman–Crippen MR) is 17.7 cm³/mol. The molecule has 0 rings (SSSR count). The van der Waals surface area contributed by atoms with Gasteiger partial charge < -0.3 is 33.0 Å². The van der Waals surface area contributed by atoms with Crippen LogP contribution in [0, 0.1) is 0 Å². The van der Waals surface area contributed by atoms with E-state index in [0.29, 0.717) is 0 Å². The van der Waals surface area contributed by atoms with Gasteiger partial charge in [-0.3, -0.25) is 0 Å². The molecule has 0 spiro atoms. The Morgan fingerprint density at radius 3 is 0.923 bits per heavy atom. The van der Waals surface area contributed by atoms with E-state index >= 15 is 0 Å². The summed E-state index contributed by atoms with van der Waals surface area (Å²) < 4.78 is 37.5. The summed E-state index contributed by atoms with van der Waals surface area (Å²) in [7, 11) is -11.4. The zero-order valence-electron chi connectivity index (χ0n) is 5.46. The Bertz CT molecular complexity index is 178. The first-order valence-corrected chi connectivity index (χ1v) is 5.89. The molecular formula is O9P2V2. The number of rotatable bonds is 2. The zero-order chi connectivity index (χ0) is 11.7. The quantitative estimate of drug-likeness (QED) is 0.468. The monoisotopic (exact) mass is 308 g/mol. The van der Waals surface area contributed by atoms with Gasteiger partial charge in [-0.15, -0.1) is 0 Å². The summed E-state index contributed by atoms with van der Waals surface area (Å²) in [5, 5.41) is 0. The van der Waals surface area contributed by atoms with E-state index in [2.05, 4.69) is 4.31 Å². The van der Waals surface area contributed by atoms with Gasteiger partial charge in [-0.1, -0.05) is 0 Å². The first-order chi connectivity index (χ1) is 5.71. The second-order valence-electron chi connectivity index (χ2n) is 0.976. The van der Waals surface area contributed by atoms with Gasteiger partial charge in [0.25, 0.3) is 0 Å². The van der Waals surface area contributed by atoms with Crippen LogP contribution >= 0.6 is 15.6 Å². The second-order valence-corrected chi connectivity index (χ2v) is 3.42. The van der Waals surface area contributed by atoms with Gasteiger partial charge in [0.05, 0.1) is 15.6 Å². The van der Waals surface area contributed by atoms with Crippen LogP contribution in [0.4, 0.5) is 0 Å². The second kappa shape index (κ2) is 9.58. The van der Waals surface area contributed by atoms with Crippen molar-refractivity contribution in [1.29, 1.82) is 0 Å². The SMILES string of the molecule is O=P([O-])([O-])OP(=O)([O-])[O-].[O]=[V+2].[O]=[V+2]. The van der Waals surface area contributed by atoms with Gasteiger partial charge in [0, 0.05) is 0 Å². The van der Waals surface area contributed by atoms with E-state index in [-0.39, 0.29) is 0 Å². The standard InChI is InChI=1S/H4O7P2.2O.2V/c1-8(2,3)7-9(4,5)6;;;;/h(H2,1,2,3)(H2,4,5,6);;;;/q;;;2*+2/p-4. The molecule has 0 aromatic carbocycles. The molecule has 0 N–H and O–H groups in total. The van der Waals surface area contributed by atoms with Crippen molar-refractivity contribution in [3.63, 3.8) is 0 Å². The minimum absolute atomic E-state index is 1.06. The molecule has 13 heavy (non-hydrogen) atoms. The van der Waals surface area contributed by atoms with Crippen molar-refractivity contribution in [3.8, 4) is 0 Å². The van der Waals surface area contributed by atoms with Crippen LogP contribution in [0.5, 0.6) is 0 Å². The van der Waals surface area contributed by atoms with E-state index in [1.807, 2.05) is 0 Å². The molecule has 0 fully saturated rings. The van der Waals surface area contributed by atoms with Crippen LogP contribution in [-0.2, 0) is 55.5 Å². The fraction of sp³-hybridized carbons (Fsp3) is 0. The van der Waals surface area contributed by atoms with Crippen LogP contribution in [-0.4, -0.2) is 0 Å². The normalized spacial score (nSPS) is 10.5. The average Bonchev–Trinajstić information content (AvgIpc) is 1.88. The first kappa shape index (κ1) is 19.6. The molecule has 0 atom stereocenters. The minimum atomic E-state index is -5.68. The van der Waals surface area contributed by atoms with E-state index in [4.69, 9.17) is 7.35 Å². The molecule has 0 aliphatic heterocycles. The summed E-state index contributed by atoms with van der Waals surface area (Å²) in [6.07, 6.45) is 0. The molecule has 0 aromatic heterocycles.